The highest BCUT2D eigenvalue weighted by Crippen LogP contribution is 2.10. The Hall–Kier alpha value is -2.15. The summed E-state index contributed by atoms with van der Waals surface area (Å²) in [6.07, 6.45) is -0.511. The van der Waals surface area contributed by atoms with Gasteiger partial charge < -0.3 is 10.5 Å². The molecule has 0 aliphatic carbocycles. The topological polar surface area (TPSA) is 88.7 Å². The number of carbonyl (C=O) groups excluding carboxylic acids is 1. The Bertz CT molecular complexity index is 470. The molecule has 4 N–H and O–H groups in total. The van der Waals surface area contributed by atoms with Crippen molar-refractivity contribution in [1.82, 2.24) is 5.43 Å². The number of benzene rings is 1. The molecule has 1 amide bonds. The van der Waals surface area contributed by atoms with Crippen molar-refractivity contribution in [2.24, 2.45) is 10.8 Å². The van der Waals surface area contributed by atoms with Gasteiger partial charge >= 0.3 is 6.09 Å². The summed E-state index contributed by atoms with van der Waals surface area (Å²) in [5.74, 6) is 0. The van der Waals surface area contributed by atoms with E-state index in [0.29, 0.717) is 5.69 Å². The van der Waals surface area contributed by atoms with Crippen molar-refractivity contribution >= 4 is 34.8 Å². The Labute approximate surface area is 110 Å². The lowest BCUT2D eigenvalue weighted by molar-refractivity contribution is 0.187. The number of nitrogens with zero attached hydrogens (tertiary/aromatic N) is 1. The number of hydrogen-bond donors (Lipinski definition) is 3. The molecule has 0 aliphatic rings. The Morgan fingerprint density at radius 3 is 2.50 bits per heavy atom. The molecular formula is C11H14N4O2S. The predicted octanol–water partition coefficient (Wildman–Crippen LogP) is 1.42. The number of hydrogen-bond acceptors (Lipinski definition) is 4. The summed E-state index contributed by atoms with van der Waals surface area (Å²) < 4.78 is 4.48. The number of thiocarbonyl (C=S) groups is 1. The van der Waals surface area contributed by atoms with Crippen molar-refractivity contribution in [2.75, 3.05) is 12.4 Å². The molecule has 0 saturated heterocycles. The van der Waals surface area contributed by atoms with Crippen LogP contribution in [-0.2, 0) is 4.74 Å². The van der Waals surface area contributed by atoms with Crippen LogP contribution in [0.15, 0.2) is 29.4 Å². The first-order chi connectivity index (χ1) is 8.52. The minimum Gasteiger partial charge on any atom is -0.453 e. The first-order valence-corrected chi connectivity index (χ1v) is 5.49. The predicted molar refractivity (Wildman–Crippen MR) is 74.6 cm³/mol. The molecule has 0 radical (unpaired) electrons. The zero-order chi connectivity index (χ0) is 13.5. The van der Waals surface area contributed by atoms with E-state index in [1.54, 1.807) is 12.1 Å². The van der Waals surface area contributed by atoms with Crippen molar-refractivity contribution in [3.63, 3.8) is 0 Å². The van der Waals surface area contributed by atoms with Crippen LogP contribution in [0.3, 0.4) is 0 Å². The maximum atomic E-state index is 11.0. The summed E-state index contributed by atoms with van der Waals surface area (Å²) in [5.41, 5.74) is 10.0. The molecule has 0 atom stereocenters. The van der Waals surface area contributed by atoms with Gasteiger partial charge in [-0.3, -0.25) is 10.7 Å². The molecule has 1 aromatic carbocycles. The van der Waals surface area contributed by atoms with Crippen LogP contribution in [0.5, 0.6) is 0 Å². The summed E-state index contributed by atoms with van der Waals surface area (Å²) in [7, 11) is 1.31. The van der Waals surface area contributed by atoms with Gasteiger partial charge in [-0.05, 0) is 36.8 Å². The van der Waals surface area contributed by atoms with Crippen molar-refractivity contribution in [3.8, 4) is 0 Å². The van der Waals surface area contributed by atoms with E-state index in [-0.39, 0.29) is 5.11 Å². The molecule has 0 aliphatic heterocycles. The summed E-state index contributed by atoms with van der Waals surface area (Å²) in [6, 6.07) is 7.11. The number of anilines is 1. The van der Waals surface area contributed by atoms with Gasteiger partial charge in [0.1, 0.15) is 0 Å². The standard InChI is InChI=1S/C11H14N4O2S/c1-7(14-15-10(12)18)8-3-5-9(6-4-8)13-11(16)17-2/h3-6H,1-2H3,(H,13,16)(H3,12,15,18). The molecule has 0 spiro atoms. The second-order valence-corrected chi connectivity index (χ2v) is 3.81. The van der Waals surface area contributed by atoms with Gasteiger partial charge in [0.2, 0.25) is 0 Å². The number of rotatable bonds is 3. The van der Waals surface area contributed by atoms with E-state index in [1.165, 1.54) is 7.11 Å². The van der Waals surface area contributed by atoms with Gasteiger partial charge in [-0.2, -0.15) is 5.10 Å². The van der Waals surface area contributed by atoms with E-state index >= 15 is 0 Å². The lowest BCUT2D eigenvalue weighted by atomic mass is 10.1. The lowest BCUT2D eigenvalue weighted by Crippen LogP contribution is -2.25. The summed E-state index contributed by atoms with van der Waals surface area (Å²) in [6.45, 7) is 1.81. The molecule has 18 heavy (non-hydrogen) atoms. The largest absolute Gasteiger partial charge is 0.453 e. The van der Waals surface area contributed by atoms with Gasteiger partial charge in [0.05, 0.1) is 12.8 Å². The van der Waals surface area contributed by atoms with Crippen LogP contribution in [0.25, 0.3) is 0 Å². The third kappa shape index (κ3) is 4.38. The molecule has 0 aromatic heterocycles. The maximum Gasteiger partial charge on any atom is 0.411 e. The Morgan fingerprint density at radius 2 is 2.00 bits per heavy atom. The molecule has 1 rings (SSSR count). The monoisotopic (exact) mass is 266 g/mol. The van der Waals surface area contributed by atoms with Crippen LogP contribution in [-0.4, -0.2) is 24.0 Å². The first kappa shape index (κ1) is 13.9. The van der Waals surface area contributed by atoms with E-state index < -0.39 is 6.09 Å². The van der Waals surface area contributed by atoms with Crippen LogP contribution in [0.1, 0.15) is 12.5 Å². The fourth-order valence-electron chi connectivity index (χ4n) is 1.17. The van der Waals surface area contributed by atoms with Crippen LogP contribution in [0.2, 0.25) is 0 Å². The van der Waals surface area contributed by atoms with Crippen LogP contribution in [0, 0.1) is 0 Å². The van der Waals surface area contributed by atoms with Gasteiger partial charge in [0.25, 0.3) is 0 Å². The lowest BCUT2D eigenvalue weighted by Gasteiger charge is -2.05. The molecule has 0 unspecified atom stereocenters. The zero-order valence-electron chi connectivity index (χ0n) is 10.1. The number of carbonyl (C=O) groups is 1. The SMILES string of the molecule is COC(=O)Nc1ccc(C(C)=NNC(N)=S)cc1. The number of nitrogens with one attached hydrogen (secondary N) is 2. The Kier molecular flexibility index (Phi) is 5.06. The third-order valence-corrected chi connectivity index (χ3v) is 2.16. The Balaban J connectivity index is 2.73. The highest BCUT2D eigenvalue weighted by Gasteiger charge is 2.01. The van der Waals surface area contributed by atoms with Gasteiger partial charge in [-0.1, -0.05) is 12.1 Å². The second-order valence-electron chi connectivity index (χ2n) is 3.37. The first-order valence-electron chi connectivity index (χ1n) is 5.08. The normalized spacial score (nSPS) is 10.7. The van der Waals surface area contributed by atoms with Gasteiger partial charge in [0, 0.05) is 5.69 Å². The molecule has 1 aromatic rings. The highest BCUT2D eigenvalue weighted by molar-refractivity contribution is 7.80. The third-order valence-electron chi connectivity index (χ3n) is 2.07. The van der Waals surface area contributed by atoms with Crippen molar-refractivity contribution in [2.45, 2.75) is 6.92 Å². The van der Waals surface area contributed by atoms with Crippen LogP contribution < -0.4 is 16.5 Å². The fourth-order valence-corrected chi connectivity index (χ4v) is 1.21. The average Bonchev–Trinajstić information content (AvgIpc) is 2.36. The minimum absolute atomic E-state index is 0.110. The molecule has 0 saturated carbocycles. The number of methoxy groups -OCH3 is 1. The zero-order valence-corrected chi connectivity index (χ0v) is 10.9. The highest BCUT2D eigenvalue weighted by atomic mass is 32.1. The van der Waals surface area contributed by atoms with Gasteiger partial charge in [0.15, 0.2) is 5.11 Å². The van der Waals surface area contributed by atoms with Gasteiger partial charge in [-0.25, -0.2) is 4.79 Å². The van der Waals surface area contributed by atoms with Crippen molar-refractivity contribution < 1.29 is 9.53 Å². The molecule has 0 fully saturated rings. The molecule has 96 valence electrons. The number of nitrogens with two attached hydrogens (primary N) is 1. The fraction of sp³-hybridized carbons (Fsp3) is 0.182. The molecule has 0 bridgehead atoms. The average molecular weight is 266 g/mol. The maximum absolute atomic E-state index is 11.0. The molecule has 6 nitrogen and oxygen atoms in total. The van der Waals surface area contributed by atoms with E-state index in [4.69, 9.17) is 5.73 Å². The van der Waals surface area contributed by atoms with Crippen molar-refractivity contribution in [3.05, 3.63) is 29.8 Å². The summed E-state index contributed by atoms with van der Waals surface area (Å²) >= 11 is 4.64. The van der Waals surface area contributed by atoms with Gasteiger partial charge in [-0.15, -0.1) is 0 Å². The van der Waals surface area contributed by atoms with Crippen molar-refractivity contribution in [1.29, 1.82) is 0 Å². The van der Waals surface area contributed by atoms with Crippen LogP contribution in [0.4, 0.5) is 10.5 Å². The second kappa shape index (κ2) is 6.55. The van der Waals surface area contributed by atoms with E-state index in [0.717, 1.165) is 11.3 Å². The smallest absolute Gasteiger partial charge is 0.411 e. The molecule has 7 heteroatoms. The van der Waals surface area contributed by atoms with E-state index in [9.17, 15) is 4.79 Å². The quantitative estimate of drug-likeness (QED) is 0.437. The number of amides is 1. The number of hydrazone groups is 1. The summed E-state index contributed by atoms with van der Waals surface area (Å²) in [5, 5.41) is 6.65. The number of ether oxygens (including phenoxy) is 1. The minimum atomic E-state index is -0.511. The Morgan fingerprint density at radius 1 is 1.39 bits per heavy atom. The van der Waals surface area contributed by atoms with Crippen LogP contribution >= 0.6 is 12.2 Å². The molecule has 0 heterocycles. The van der Waals surface area contributed by atoms with E-state index in [1.807, 2.05) is 19.1 Å². The summed E-state index contributed by atoms with van der Waals surface area (Å²) in [4.78, 5) is 11.0. The van der Waals surface area contributed by atoms with E-state index in [2.05, 4.69) is 32.8 Å². The molecular weight excluding hydrogens is 252 g/mol.